The van der Waals surface area contributed by atoms with E-state index in [0.717, 1.165) is 0 Å². The number of anilines is 1. The van der Waals surface area contributed by atoms with Crippen molar-refractivity contribution in [2.24, 2.45) is 0 Å². The summed E-state index contributed by atoms with van der Waals surface area (Å²) in [5, 5.41) is 13.0. The Balaban J connectivity index is 2.26. The lowest BCUT2D eigenvalue weighted by atomic mass is 10.2. The number of nitrogens with zero attached hydrogens (tertiary/aromatic N) is 1. The lowest BCUT2D eigenvalue weighted by Crippen LogP contribution is -2.25. The van der Waals surface area contributed by atoms with Crippen LogP contribution in [0.3, 0.4) is 0 Å². The molecule has 0 saturated carbocycles. The zero-order valence-corrected chi connectivity index (χ0v) is 9.57. The van der Waals surface area contributed by atoms with Crippen molar-refractivity contribution < 1.29 is 9.90 Å². The molecule has 0 spiro atoms. The fourth-order valence-corrected chi connectivity index (χ4v) is 2.03. The molecule has 1 N–H and O–H groups in total. The van der Waals surface area contributed by atoms with Crippen LogP contribution in [-0.4, -0.2) is 18.1 Å². The topological polar surface area (TPSA) is 40.5 Å². The average molecular weight is 233 g/mol. The van der Waals surface area contributed by atoms with Gasteiger partial charge < -0.3 is 10.0 Å². The Kier molecular flexibility index (Phi) is 2.92. The summed E-state index contributed by atoms with van der Waals surface area (Å²) >= 11 is 1.49. The highest BCUT2D eigenvalue weighted by atomic mass is 32.1. The summed E-state index contributed by atoms with van der Waals surface area (Å²) in [5.74, 6) is 0.0781. The minimum atomic E-state index is -0.0770. The Morgan fingerprint density at radius 2 is 2.19 bits per heavy atom. The number of phenols is 1. The van der Waals surface area contributed by atoms with Gasteiger partial charge in [0.05, 0.1) is 5.56 Å². The third-order valence-electron chi connectivity index (χ3n) is 2.29. The smallest absolute Gasteiger partial charge is 0.258 e. The molecule has 16 heavy (non-hydrogen) atoms. The quantitative estimate of drug-likeness (QED) is 0.866. The molecular weight excluding hydrogens is 222 g/mol. The number of carbonyl (C=O) groups excluding carboxylic acids is 1. The molecule has 3 nitrogen and oxygen atoms in total. The first-order valence-corrected chi connectivity index (χ1v) is 5.72. The second-order valence-electron chi connectivity index (χ2n) is 3.40. The van der Waals surface area contributed by atoms with Crippen molar-refractivity contribution in [3.8, 4) is 5.75 Å². The Morgan fingerprint density at radius 1 is 1.38 bits per heavy atom. The van der Waals surface area contributed by atoms with Crippen molar-refractivity contribution in [1.82, 2.24) is 0 Å². The lowest BCUT2D eigenvalue weighted by molar-refractivity contribution is 0.0993. The molecule has 1 amide bonds. The summed E-state index contributed by atoms with van der Waals surface area (Å²) in [7, 11) is 1.69. The summed E-state index contributed by atoms with van der Waals surface area (Å²) < 4.78 is 0. The highest BCUT2D eigenvalue weighted by Crippen LogP contribution is 2.21. The van der Waals surface area contributed by atoms with E-state index in [1.54, 1.807) is 37.4 Å². The molecule has 0 fully saturated rings. The van der Waals surface area contributed by atoms with Gasteiger partial charge in [-0.1, -0.05) is 6.07 Å². The number of hydrogen-bond acceptors (Lipinski definition) is 3. The predicted molar refractivity (Wildman–Crippen MR) is 65.2 cm³/mol. The van der Waals surface area contributed by atoms with Crippen LogP contribution in [-0.2, 0) is 0 Å². The largest absolute Gasteiger partial charge is 0.508 e. The molecule has 0 unspecified atom stereocenters. The molecule has 0 saturated heterocycles. The van der Waals surface area contributed by atoms with Gasteiger partial charge in [0.15, 0.2) is 0 Å². The van der Waals surface area contributed by atoms with Gasteiger partial charge in [-0.2, -0.15) is 11.3 Å². The van der Waals surface area contributed by atoms with E-state index in [9.17, 15) is 9.90 Å². The minimum absolute atomic E-state index is 0.0770. The fraction of sp³-hybridized carbons (Fsp3) is 0.0833. The summed E-state index contributed by atoms with van der Waals surface area (Å²) in [4.78, 5) is 13.5. The number of thiophene rings is 1. The SMILES string of the molecule is CN(C(=O)c1ccsc1)c1cccc(O)c1. The molecule has 0 aliphatic carbocycles. The molecular formula is C12H11NO2S. The predicted octanol–water partition coefficient (Wildman–Crippen LogP) is 2.73. The lowest BCUT2D eigenvalue weighted by Gasteiger charge is -2.16. The first-order chi connectivity index (χ1) is 7.68. The third kappa shape index (κ3) is 2.06. The molecule has 0 aliphatic rings. The standard InChI is InChI=1S/C12H11NO2S/c1-13(10-3-2-4-11(14)7-10)12(15)9-5-6-16-8-9/h2-8,14H,1H3. The highest BCUT2D eigenvalue weighted by molar-refractivity contribution is 7.08. The van der Waals surface area contributed by atoms with E-state index < -0.39 is 0 Å². The Hall–Kier alpha value is -1.81. The van der Waals surface area contributed by atoms with Gasteiger partial charge in [-0.15, -0.1) is 0 Å². The fourth-order valence-electron chi connectivity index (χ4n) is 1.40. The van der Waals surface area contributed by atoms with Crippen LogP contribution >= 0.6 is 11.3 Å². The Morgan fingerprint density at radius 3 is 2.81 bits per heavy atom. The van der Waals surface area contributed by atoms with Gasteiger partial charge in [-0.3, -0.25) is 4.79 Å². The van der Waals surface area contributed by atoms with Gasteiger partial charge >= 0.3 is 0 Å². The van der Waals surface area contributed by atoms with E-state index in [2.05, 4.69) is 0 Å². The number of aromatic hydroxyl groups is 1. The number of amides is 1. The van der Waals surface area contributed by atoms with Crippen molar-refractivity contribution in [3.05, 3.63) is 46.7 Å². The van der Waals surface area contributed by atoms with E-state index in [0.29, 0.717) is 11.3 Å². The second kappa shape index (κ2) is 4.37. The molecule has 0 aliphatic heterocycles. The summed E-state index contributed by atoms with van der Waals surface area (Å²) in [6, 6.07) is 8.41. The highest BCUT2D eigenvalue weighted by Gasteiger charge is 2.13. The Bertz CT molecular complexity index is 493. The Labute approximate surface area is 97.6 Å². The number of carbonyl (C=O) groups is 1. The second-order valence-corrected chi connectivity index (χ2v) is 4.18. The zero-order chi connectivity index (χ0) is 11.5. The maximum Gasteiger partial charge on any atom is 0.258 e. The van der Waals surface area contributed by atoms with Gasteiger partial charge in [-0.05, 0) is 23.6 Å². The van der Waals surface area contributed by atoms with E-state index >= 15 is 0 Å². The van der Waals surface area contributed by atoms with Crippen LogP contribution in [0.5, 0.6) is 5.75 Å². The van der Waals surface area contributed by atoms with Crippen molar-refractivity contribution in [2.75, 3.05) is 11.9 Å². The number of hydrogen-bond donors (Lipinski definition) is 1. The molecule has 82 valence electrons. The number of benzene rings is 1. The van der Waals surface area contributed by atoms with Crippen LogP contribution in [0.15, 0.2) is 41.1 Å². The van der Waals surface area contributed by atoms with E-state index in [1.165, 1.54) is 16.2 Å². The summed E-state index contributed by atoms with van der Waals surface area (Å²) in [6.45, 7) is 0. The first-order valence-electron chi connectivity index (χ1n) is 4.78. The average Bonchev–Trinajstić information content (AvgIpc) is 2.80. The van der Waals surface area contributed by atoms with Gasteiger partial charge in [0, 0.05) is 24.2 Å². The molecule has 4 heteroatoms. The third-order valence-corrected chi connectivity index (χ3v) is 2.97. The molecule has 1 aromatic carbocycles. The first kappa shape index (κ1) is 10.7. The summed E-state index contributed by atoms with van der Waals surface area (Å²) in [5.41, 5.74) is 1.34. The van der Waals surface area contributed by atoms with Gasteiger partial charge in [0.2, 0.25) is 0 Å². The normalized spacial score (nSPS) is 10.1. The van der Waals surface area contributed by atoms with Crippen LogP contribution in [0, 0.1) is 0 Å². The molecule has 2 rings (SSSR count). The summed E-state index contributed by atoms with van der Waals surface area (Å²) in [6.07, 6.45) is 0. The van der Waals surface area contributed by atoms with Crippen LogP contribution in [0.4, 0.5) is 5.69 Å². The van der Waals surface area contributed by atoms with Gasteiger partial charge in [0.1, 0.15) is 5.75 Å². The molecule has 2 aromatic rings. The molecule has 1 heterocycles. The molecule has 0 atom stereocenters. The van der Waals surface area contributed by atoms with Crippen LogP contribution in [0.2, 0.25) is 0 Å². The van der Waals surface area contributed by atoms with E-state index in [4.69, 9.17) is 0 Å². The van der Waals surface area contributed by atoms with Crippen molar-refractivity contribution in [3.63, 3.8) is 0 Å². The maximum atomic E-state index is 12.0. The van der Waals surface area contributed by atoms with Crippen LogP contribution in [0.1, 0.15) is 10.4 Å². The molecule has 0 radical (unpaired) electrons. The van der Waals surface area contributed by atoms with Crippen molar-refractivity contribution in [1.29, 1.82) is 0 Å². The van der Waals surface area contributed by atoms with E-state index in [-0.39, 0.29) is 11.7 Å². The van der Waals surface area contributed by atoms with Gasteiger partial charge in [0.25, 0.3) is 5.91 Å². The van der Waals surface area contributed by atoms with Crippen LogP contribution < -0.4 is 4.90 Å². The van der Waals surface area contributed by atoms with Crippen molar-refractivity contribution >= 4 is 22.9 Å². The molecule has 1 aromatic heterocycles. The molecule has 0 bridgehead atoms. The number of phenolic OH excluding ortho intramolecular Hbond substituents is 1. The monoisotopic (exact) mass is 233 g/mol. The number of rotatable bonds is 2. The van der Waals surface area contributed by atoms with E-state index in [1.807, 2.05) is 10.8 Å². The van der Waals surface area contributed by atoms with Gasteiger partial charge in [-0.25, -0.2) is 0 Å². The minimum Gasteiger partial charge on any atom is -0.508 e. The maximum absolute atomic E-state index is 12.0. The van der Waals surface area contributed by atoms with Crippen LogP contribution in [0.25, 0.3) is 0 Å². The zero-order valence-electron chi connectivity index (χ0n) is 8.75. The van der Waals surface area contributed by atoms with Crippen molar-refractivity contribution in [2.45, 2.75) is 0 Å².